The zero-order chi connectivity index (χ0) is 16.5. The molecular formula is C16H31N3O3S. The fourth-order valence-corrected chi connectivity index (χ4v) is 3.63. The molecule has 2 aliphatic heterocycles. The van der Waals surface area contributed by atoms with E-state index in [9.17, 15) is 0 Å². The van der Waals surface area contributed by atoms with E-state index in [1.165, 1.54) is 0 Å². The van der Waals surface area contributed by atoms with Crippen LogP contribution in [0.15, 0.2) is 4.99 Å². The predicted octanol–water partition coefficient (Wildman–Crippen LogP) is 1.26. The van der Waals surface area contributed by atoms with Crippen molar-refractivity contribution in [2.75, 3.05) is 52.9 Å². The summed E-state index contributed by atoms with van der Waals surface area (Å²) in [4.78, 5) is 4.33. The van der Waals surface area contributed by atoms with Crippen LogP contribution in [0.4, 0.5) is 0 Å². The molecule has 6 nitrogen and oxygen atoms in total. The number of nitrogens with zero attached hydrogens (tertiary/aromatic N) is 1. The molecule has 134 valence electrons. The lowest BCUT2D eigenvalue weighted by Gasteiger charge is -2.36. The predicted molar refractivity (Wildman–Crippen MR) is 95.4 cm³/mol. The van der Waals surface area contributed by atoms with Crippen LogP contribution in [0.25, 0.3) is 0 Å². The minimum Gasteiger partial charge on any atom is -0.381 e. The number of rotatable bonds is 7. The number of hydrogen-bond acceptors (Lipinski definition) is 5. The van der Waals surface area contributed by atoms with E-state index < -0.39 is 0 Å². The van der Waals surface area contributed by atoms with Crippen molar-refractivity contribution in [1.82, 2.24) is 10.6 Å². The molecule has 2 heterocycles. The van der Waals surface area contributed by atoms with Gasteiger partial charge in [-0.1, -0.05) is 0 Å². The van der Waals surface area contributed by atoms with E-state index in [1.807, 2.05) is 18.8 Å². The second-order valence-electron chi connectivity index (χ2n) is 6.29. The van der Waals surface area contributed by atoms with Gasteiger partial charge in [0.05, 0.1) is 19.3 Å². The third-order valence-corrected chi connectivity index (χ3v) is 5.91. The molecule has 2 N–H and O–H groups in total. The summed E-state index contributed by atoms with van der Waals surface area (Å²) in [5.74, 6) is 0.837. The summed E-state index contributed by atoms with van der Waals surface area (Å²) >= 11 is 1.93. The van der Waals surface area contributed by atoms with Crippen molar-refractivity contribution < 1.29 is 14.2 Å². The van der Waals surface area contributed by atoms with Crippen LogP contribution < -0.4 is 10.6 Å². The molecular weight excluding hydrogens is 314 g/mol. The molecule has 0 amide bonds. The van der Waals surface area contributed by atoms with Gasteiger partial charge in [-0.05, 0) is 32.4 Å². The smallest absolute Gasteiger partial charge is 0.191 e. The molecule has 2 atom stereocenters. The highest BCUT2D eigenvalue weighted by Crippen LogP contribution is 2.32. The third kappa shape index (κ3) is 6.14. The third-order valence-electron chi connectivity index (χ3n) is 4.49. The minimum absolute atomic E-state index is 0.210. The lowest BCUT2D eigenvalue weighted by Crippen LogP contribution is -2.50. The molecule has 2 unspecified atom stereocenters. The fraction of sp³-hybridized carbons (Fsp3) is 0.938. The Morgan fingerprint density at radius 1 is 1.35 bits per heavy atom. The van der Waals surface area contributed by atoms with Crippen LogP contribution in [0.2, 0.25) is 0 Å². The van der Waals surface area contributed by atoms with Gasteiger partial charge in [0.15, 0.2) is 5.96 Å². The van der Waals surface area contributed by atoms with Crippen LogP contribution in [-0.2, 0) is 14.2 Å². The molecule has 0 bridgehead atoms. The van der Waals surface area contributed by atoms with Crippen molar-refractivity contribution in [3.05, 3.63) is 0 Å². The summed E-state index contributed by atoms with van der Waals surface area (Å²) in [6.07, 6.45) is 5.59. The van der Waals surface area contributed by atoms with Gasteiger partial charge < -0.3 is 24.8 Å². The van der Waals surface area contributed by atoms with E-state index in [1.54, 1.807) is 0 Å². The normalized spacial score (nSPS) is 26.0. The maximum absolute atomic E-state index is 5.85. The standard InChI is InChI=1S/C16H31N3O3S/c1-13(10-22-14-4-7-21-11-14)19-15(17-2)18-12-16(23-3)5-8-20-9-6-16/h13-14H,4-12H2,1-3H3,(H2,17,18,19). The maximum Gasteiger partial charge on any atom is 0.191 e. The molecule has 0 radical (unpaired) electrons. The summed E-state index contributed by atoms with van der Waals surface area (Å²) in [6, 6.07) is 0.210. The van der Waals surface area contributed by atoms with Gasteiger partial charge in [-0.15, -0.1) is 0 Å². The quantitative estimate of drug-likeness (QED) is 0.535. The molecule has 0 aliphatic carbocycles. The van der Waals surface area contributed by atoms with Crippen molar-refractivity contribution >= 4 is 17.7 Å². The molecule has 0 spiro atoms. The van der Waals surface area contributed by atoms with Crippen molar-refractivity contribution in [2.45, 2.75) is 43.1 Å². The Hall–Kier alpha value is -0.500. The molecule has 2 rings (SSSR count). The first kappa shape index (κ1) is 18.8. The van der Waals surface area contributed by atoms with E-state index in [0.717, 1.165) is 58.2 Å². The Morgan fingerprint density at radius 3 is 2.74 bits per heavy atom. The first-order valence-corrected chi connectivity index (χ1v) is 9.69. The highest BCUT2D eigenvalue weighted by atomic mass is 32.2. The van der Waals surface area contributed by atoms with Gasteiger partial charge in [-0.2, -0.15) is 11.8 Å². The highest BCUT2D eigenvalue weighted by molar-refractivity contribution is 8.00. The number of ether oxygens (including phenoxy) is 3. The van der Waals surface area contributed by atoms with Crippen LogP contribution in [-0.4, -0.2) is 75.7 Å². The van der Waals surface area contributed by atoms with Crippen LogP contribution in [0.5, 0.6) is 0 Å². The van der Waals surface area contributed by atoms with Gasteiger partial charge in [-0.3, -0.25) is 4.99 Å². The van der Waals surface area contributed by atoms with Gasteiger partial charge in [0, 0.05) is 44.2 Å². The van der Waals surface area contributed by atoms with E-state index in [4.69, 9.17) is 14.2 Å². The Balaban J connectivity index is 1.71. The summed E-state index contributed by atoms with van der Waals surface area (Å²) < 4.78 is 16.9. The average molecular weight is 346 g/mol. The van der Waals surface area contributed by atoms with E-state index >= 15 is 0 Å². The van der Waals surface area contributed by atoms with Crippen LogP contribution >= 0.6 is 11.8 Å². The van der Waals surface area contributed by atoms with E-state index in [-0.39, 0.29) is 16.9 Å². The molecule has 2 fully saturated rings. The first-order valence-electron chi connectivity index (χ1n) is 8.47. The number of thioether (sulfide) groups is 1. The number of nitrogens with one attached hydrogen (secondary N) is 2. The maximum atomic E-state index is 5.85. The van der Waals surface area contributed by atoms with Crippen molar-refractivity contribution in [3.8, 4) is 0 Å². The Kier molecular flexibility index (Phi) is 7.95. The number of hydrogen-bond donors (Lipinski definition) is 2. The zero-order valence-electron chi connectivity index (χ0n) is 14.6. The summed E-state index contributed by atoms with van der Waals surface area (Å²) in [5, 5.41) is 6.88. The molecule has 7 heteroatoms. The molecule has 0 aromatic carbocycles. The van der Waals surface area contributed by atoms with Crippen LogP contribution in [0, 0.1) is 0 Å². The molecule has 0 aromatic rings. The second kappa shape index (κ2) is 9.71. The second-order valence-corrected chi connectivity index (χ2v) is 7.56. The van der Waals surface area contributed by atoms with Gasteiger partial charge >= 0.3 is 0 Å². The van der Waals surface area contributed by atoms with Gasteiger partial charge in [-0.25, -0.2) is 0 Å². The lowest BCUT2D eigenvalue weighted by molar-refractivity contribution is 0.0347. The summed E-state index contributed by atoms with van der Waals surface area (Å²) in [7, 11) is 1.81. The Labute approximate surface area is 144 Å². The van der Waals surface area contributed by atoms with Crippen LogP contribution in [0.3, 0.4) is 0 Å². The summed E-state index contributed by atoms with van der Waals surface area (Å²) in [6.45, 7) is 6.91. The first-order chi connectivity index (χ1) is 11.2. The largest absolute Gasteiger partial charge is 0.381 e. The Bertz CT molecular complexity index is 370. The minimum atomic E-state index is 0.210. The lowest BCUT2D eigenvalue weighted by atomic mass is 9.99. The Morgan fingerprint density at radius 2 is 2.13 bits per heavy atom. The monoisotopic (exact) mass is 345 g/mol. The van der Waals surface area contributed by atoms with Gasteiger partial charge in [0.1, 0.15) is 0 Å². The number of aliphatic imine (C=N–C) groups is 1. The van der Waals surface area contributed by atoms with Gasteiger partial charge in [0.25, 0.3) is 0 Å². The fourth-order valence-electron chi connectivity index (χ4n) is 2.84. The van der Waals surface area contributed by atoms with E-state index in [2.05, 4.69) is 28.8 Å². The molecule has 0 saturated carbocycles. The molecule has 2 saturated heterocycles. The average Bonchev–Trinajstić information content (AvgIpc) is 3.11. The van der Waals surface area contributed by atoms with E-state index in [0.29, 0.717) is 6.61 Å². The zero-order valence-corrected chi connectivity index (χ0v) is 15.4. The topological polar surface area (TPSA) is 64.1 Å². The summed E-state index contributed by atoms with van der Waals surface area (Å²) in [5.41, 5.74) is 0. The van der Waals surface area contributed by atoms with Gasteiger partial charge in [0.2, 0.25) is 0 Å². The molecule has 0 aromatic heterocycles. The molecule has 23 heavy (non-hydrogen) atoms. The van der Waals surface area contributed by atoms with Crippen molar-refractivity contribution in [1.29, 1.82) is 0 Å². The van der Waals surface area contributed by atoms with Crippen LogP contribution in [0.1, 0.15) is 26.2 Å². The number of guanidine groups is 1. The van der Waals surface area contributed by atoms with Crippen molar-refractivity contribution in [3.63, 3.8) is 0 Å². The van der Waals surface area contributed by atoms with Crippen molar-refractivity contribution in [2.24, 2.45) is 4.99 Å². The SMILES string of the molecule is CN=C(NCC1(SC)CCOCC1)NC(C)COC1CCOC1. The molecule has 2 aliphatic rings. The highest BCUT2D eigenvalue weighted by Gasteiger charge is 2.31.